The lowest BCUT2D eigenvalue weighted by Gasteiger charge is -1.99. The first-order valence-electron chi connectivity index (χ1n) is 5.55. The predicted octanol–water partition coefficient (Wildman–Crippen LogP) is 3.50. The van der Waals surface area contributed by atoms with Crippen LogP contribution >= 0.6 is 0 Å². The van der Waals surface area contributed by atoms with E-state index in [2.05, 4.69) is 13.8 Å². The van der Waals surface area contributed by atoms with Crippen molar-refractivity contribution in [3.8, 4) is 5.75 Å². The molecule has 1 rings (SSSR count). The summed E-state index contributed by atoms with van der Waals surface area (Å²) in [4.78, 5) is 0. The molecule has 1 aromatic carbocycles. The van der Waals surface area contributed by atoms with Gasteiger partial charge in [-0.2, -0.15) is 0 Å². The molecule has 1 aromatic rings. The van der Waals surface area contributed by atoms with Crippen molar-refractivity contribution in [2.24, 2.45) is 0 Å². The second-order valence-electron chi connectivity index (χ2n) is 2.77. The molecule has 0 amide bonds. The number of rotatable bonds is 2. The summed E-state index contributed by atoms with van der Waals surface area (Å²) in [5, 5.41) is 7.57. The van der Waals surface area contributed by atoms with E-state index in [1.807, 2.05) is 37.3 Å². The third kappa shape index (κ3) is 15.7. The van der Waals surface area contributed by atoms with E-state index in [0.717, 1.165) is 12.4 Å². The summed E-state index contributed by atoms with van der Waals surface area (Å²) < 4.78 is 5.21. The van der Waals surface area contributed by atoms with Crippen molar-refractivity contribution in [3.63, 3.8) is 0 Å². The van der Waals surface area contributed by atoms with Crippen molar-refractivity contribution in [3.05, 3.63) is 30.3 Å². The zero-order chi connectivity index (χ0) is 11.9. The van der Waals surface area contributed by atoms with Gasteiger partial charge in [-0.1, -0.05) is 38.5 Å². The Bertz CT molecular complexity index is 183. The minimum Gasteiger partial charge on any atom is -0.494 e. The second kappa shape index (κ2) is 15.5. The van der Waals surface area contributed by atoms with Crippen LogP contribution < -0.4 is 4.74 Å². The zero-order valence-corrected chi connectivity index (χ0v) is 10.4. The summed E-state index contributed by atoms with van der Waals surface area (Å²) in [5.41, 5.74) is 0. The topological polar surface area (TPSA) is 29.5 Å². The van der Waals surface area contributed by atoms with E-state index in [4.69, 9.17) is 9.84 Å². The molecule has 0 unspecified atom stereocenters. The molecule has 0 aliphatic heterocycles. The summed E-state index contributed by atoms with van der Waals surface area (Å²) in [5.74, 6) is 0.944. The molecule has 0 radical (unpaired) electrons. The van der Waals surface area contributed by atoms with Gasteiger partial charge >= 0.3 is 0 Å². The molecule has 0 saturated heterocycles. The van der Waals surface area contributed by atoms with Crippen LogP contribution in [0.3, 0.4) is 0 Å². The fourth-order valence-corrected chi connectivity index (χ4v) is 0.683. The van der Waals surface area contributed by atoms with Crippen LogP contribution in [0.5, 0.6) is 5.75 Å². The molecule has 0 spiro atoms. The van der Waals surface area contributed by atoms with Gasteiger partial charge in [0.05, 0.1) is 6.61 Å². The number of aliphatic hydroxyl groups is 1. The first-order chi connectivity index (χ1) is 7.26. The number of hydrogen-bond acceptors (Lipinski definition) is 2. The van der Waals surface area contributed by atoms with Gasteiger partial charge in [-0.3, -0.25) is 0 Å². The molecule has 1 N–H and O–H groups in total. The third-order valence-corrected chi connectivity index (χ3v) is 1.05. The monoisotopic (exact) mass is 212 g/mol. The molecular weight excluding hydrogens is 188 g/mol. The molecule has 0 atom stereocenters. The molecule has 0 aromatic heterocycles. The highest BCUT2D eigenvalue weighted by atomic mass is 16.5. The van der Waals surface area contributed by atoms with Crippen molar-refractivity contribution < 1.29 is 9.84 Å². The Morgan fingerprint density at radius 1 is 1.00 bits per heavy atom. The molecular formula is C13H24O2. The number of para-hydroxylation sites is 1. The lowest BCUT2D eigenvalue weighted by atomic mass is 10.3. The second-order valence-corrected chi connectivity index (χ2v) is 2.77. The van der Waals surface area contributed by atoms with Crippen molar-refractivity contribution in [1.29, 1.82) is 0 Å². The Morgan fingerprint density at radius 2 is 1.40 bits per heavy atom. The number of benzene rings is 1. The molecule has 2 nitrogen and oxygen atoms in total. The van der Waals surface area contributed by atoms with Gasteiger partial charge in [0.2, 0.25) is 0 Å². The van der Waals surface area contributed by atoms with Gasteiger partial charge in [0, 0.05) is 6.61 Å². The quantitative estimate of drug-likeness (QED) is 0.813. The first kappa shape index (κ1) is 16.4. The summed E-state index contributed by atoms with van der Waals surface area (Å²) >= 11 is 0. The number of hydrogen-bond donors (Lipinski definition) is 1. The van der Waals surface area contributed by atoms with Crippen LogP contribution in [0.1, 0.15) is 34.1 Å². The van der Waals surface area contributed by atoms with Crippen molar-refractivity contribution in [2.45, 2.75) is 34.1 Å². The van der Waals surface area contributed by atoms with E-state index in [-0.39, 0.29) is 6.61 Å². The predicted molar refractivity (Wildman–Crippen MR) is 66.3 cm³/mol. The molecule has 0 aliphatic rings. The smallest absolute Gasteiger partial charge is 0.119 e. The SMILES string of the molecule is CCC.CCO.CCOc1ccccc1. The van der Waals surface area contributed by atoms with Crippen LogP contribution in [0.2, 0.25) is 0 Å². The maximum absolute atomic E-state index is 7.57. The van der Waals surface area contributed by atoms with E-state index in [1.165, 1.54) is 6.42 Å². The first-order valence-corrected chi connectivity index (χ1v) is 5.55. The Hall–Kier alpha value is -1.02. The highest BCUT2D eigenvalue weighted by Crippen LogP contribution is 2.06. The Kier molecular flexibility index (Phi) is 16.9. The highest BCUT2D eigenvalue weighted by Gasteiger charge is 1.83. The van der Waals surface area contributed by atoms with Crippen LogP contribution in [-0.2, 0) is 0 Å². The summed E-state index contributed by atoms with van der Waals surface area (Å²) in [7, 11) is 0. The molecule has 2 heteroatoms. The van der Waals surface area contributed by atoms with Crippen molar-refractivity contribution >= 4 is 0 Å². The fourth-order valence-electron chi connectivity index (χ4n) is 0.683. The standard InChI is InChI=1S/C8H10O.C3H8.C2H6O/c1-2-9-8-6-4-3-5-7-8;1-3-2;1-2-3/h3-7H,2H2,1H3;3H2,1-2H3;3H,2H2,1H3. The van der Waals surface area contributed by atoms with Crippen LogP contribution in [-0.4, -0.2) is 18.3 Å². The normalized spacial score (nSPS) is 7.80. The zero-order valence-electron chi connectivity index (χ0n) is 10.4. The van der Waals surface area contributed by atoms with Gasteiger partial charge in [0.25, 0.3) is 0 Å². The van der Waals surface area contributed by atoms with Gasteiger partial charge in [-0.05, 0) is 26.0 Å². The van der Waals surface area contributed by atoms with Crippen LogP contribution in [0, 0.1) is 0 Å². The molecule has 0 bridgehead atoms. The van der Waals surface area contributed by atoms with Crippen LogP contribution in [0.4, 0.5) is 0 Å². The average molecular weight is 212 g/mol. The van der Waals surface area contributed by atoms with E-state index in [0.29, 0.717) is 0 Å². The summed E-state index contributed by atoms with van der Waals surface area (Å²) in [6.45, 7) is 8.90. The number of aliphatic hydroxyl groups excluding tert-OH is 1. The maximum Gasteiger partial charge on any atom is 0.119 e. The lowest BCUT2D eigenvalue weighted by molar-refractivity contribution is 0.318. The van der Waals surface area contributed by atoms with E-state index in [9.17, 15) is 0 Å². The lowest BCUT2D eigenvalue weighted by Crippen LogP contribution is -1.89. The van der Waals surface area contributed by atoms with Gasteiger partial charge in [-0.15, -0.1) is 0 Å². The van der Waals surface area contributed by atoms with Crippen LogP contribution in [0.25, 0.3) is 0 Å². The van der Waals surface area contributed by atoms with Crippen molar-refractivity contribution in [2.75, 3.05) is 13.2 Å². The van der Waals surface area contributed by atoms with Gasteiger partial charge < -0.3 is 9.84 Å². The van der Waals surface area contributed by atoms with Gasteiger partial charge in [0.15, 0.2) is 0 Å². The van der Waals surface area contributed by atoms with Gasteiger partial charge in [-0.25, -0.2) is 0 Å². The largest absolute Gasteiger partial charge is 0.494 e. The average Bonchev–Trinajstić information content (AvgIpc) is 2.22. The van der Waals surface area contributed by atoms with E-state index >= 15 is 0 Å². The molecule has 0 fully saturated rings. The molecule has 88 valence electrons. The maximum atomic E-state index is 7.57. The summed E-state index contributed by atoms with van der Waals surface area (Å²) in [6, 6.07) is 9.80. The van der Waals surface area contributed by atoms with Crippen LogP contribution in [0.15, 0.2) is 30.3 Å². The minimum atomic E-state index is 0.250. The fraction of sp³-hybridized carbons (Fsp3) is 0.538. The van der Waals surface area contributed by atoms with E-state index < -0.39 is 0 Å². The van der Waals surface area contributed by atoms with Crippen molar-refractivity contribution in [1.82, 2.24) is 0 Å². The Labute approximate surface area is 93.9 Å². The van der Waals surface area contributed by atoms with E-state index in [1.54, 1.807) is 6.92 Å². The molecule has 0 heterocycles. The highest BCUT2D eigenvalue weighted by molar-refractivity contribution is 5.20. The third-order valence-electron chi connectivity index (χ3n) is 1.05. The Morgan fingerprint density at radius 3 is 1.73 bits per heavy atom. The summed E-state index contributed by atoms with van der Waals surface area (Å²) in [6.07, 6.45) is 1.25. The van der Waals surface area contributed by atoms with Gasteiger partial charge in [0.1, 0.15) is 5.75 Å². The Balaban J connectivity index is 0. The molecule has 15 heavy (non-hydrogen) atoms. The minimum absolute atomic E-state index is 0.250. The number of ether oxygens (including phenoxy) is 1. The molecule has 0 aliphatic carbocycles. The molecule has 0 saturated carbocycles.